The number of hydrogen-bond donors (Lipinski definition) is 0. The van der Waals surface area contributed by atoms with Crippen molar-refractivity contribution in [1.29, 1.82) is 5.26 Å². The van der Waals surface area contributed by atoms with E-state index >= 15 is 0 Å². The molecule has 1 aromatic heterocycles. The first-order chi connectivity index (χ1) is 7.90. The van der Waals surface area contributed by atoms with Crippen LogP contribution >= 0.6 is 0 Å². The van der Waals surface area contributed by atoms with E-state index in [0.717, 1.165) is 5.56 Å². The highest BCUT2D eigenvalue weighted by Crippen LogP contribution is 2.14. The van der Waals surface area contributed by atoms with Crippen LogP contribution in [0.25, 0.3) is 11.6 Å². The molecule has 0 aliphatic carbocycles. The molecule has 1 heterocycles. The molecule has 0 unspecified atom stereocenters. The van der Waals surface area contributed by atoms with Gasteiger partial charge in [-0.3, -0.25) is 4.98 Å². The summed E-state index contributed by atoms with van der Waals surface area (Å²) in [7, 11) is 0. The maximum Gasteiger partial charge on any atom is 0.101 e. The second kappa shape index (κ2) is 4.90. The first-order valence-electron chi connectivity index (χ1n) is 4.98. The number of nitrogens with zero attached hydrogens (tertiary/aromatic N) is 2. The van der Waals surface area contributed by atoms with E-state index in [1.165, 1.54) is 0 Å². The average molecular weight is 206 g/mol. The van der Waals surface area contributed by atoms with Crippen molar-refractivity contribution in [2.45, 2.75) is 0 Å². The topological polar surface area (TPSA) is 36.7 Å². The molecule has 0 amide bonds. The van der Waals surface area contributed by atoms with Gasteiger partial charge in [-0.25, -0.2) is 0 Å². The van der Waals surface area contributed by atoms with Crippen LogP contribution in [-0.2, 0) is 0 Å². The van der Waals surface area contributed by atoms with Gasteiger partial charge in [-0.1, -0.05) is 36.4 Å². The lowest BCUT2D eigenvalue weighted by atomic mass is 10.1. The molecule has 0 radical (unpaired) electrons. The SMILES string of the molecule is N#CC(=Cc1ccccc1)c1ccccn1. The van der Waals surface area contributed by atoms with Crippen LogP contribution in [-0.4, -0.2) is 4.98 Å². The Balaban J connectivity index is 2.39. The third-order valence-corrected chi connectivity index (χ3v) is 2.17. The van der Waals surface area contributed by atoms with E-state index in [9.17, 15) is 0 Å². The predicted molar refractivity (Wildman–Crippen MR) is 64.2 cm³/mol. The van der Waals surface area contributed by atoms with E-state index < -0.39 is 0 Å². The molecule has 0 fully saturated rings. The normalized spacial score (nSPS) is 10.8. The lowest BCUT2D eigenvalue weighted by Crippen LogP contribution is -1.85. The molecule has 0 bridgehead atoms. The van der Waals surface area contributed by atoms with Crippen molar-refractivity contribution in [3.63, 3.8) is 0 Å². The monoisotopic (exact) mass is 206 g/mol. The second-order valence-corrected chi connectivity index (χ2v) is 3.30. The highest BCUT2D eigenvalue weighted by molar-refractivity contribution is 5.88. The summed E-state index contributed by atoms with van der Waals surface area (Å²) in [5.74, 6) is 0. The Bertz CT molecular complexity index is 522. The van der Waals surface area contributed by atoms with Gasteiger partial charge in [0.15, 0.2) is 0 Å². The largest absolute Gasteiger partial charge is 0.256 e. The summed E-state index contributed by atoms with van der Waals surface area (Å²) < 4.78 is 0. The molecule has 76 valence electrons. The minimum atomic E-state index is 0.576. The summed E-state index contributed by atoms with van der Waals surface area (Å²) in [6.45, 7) is 0. The van der Waals surface area contributed by atoms with Gasteiger partial charge in [-0.2, -0.15) is 5.26 Å². The Morgan fingerprint density at radius 2 is 1.81 bits per heavy atom. The fourth-order valence-corrected chi connectivity index (χ4v) is 1.40. The Hall–Kier alpha value is -2.40. The molecule has 2 heteroatoms. The summed E-state index contributed by atoms with van der Waals surface area (Å²) in [5, 5.41) is 9.08. The predicted octanol–water partition coefficient (Wildman–Crippen LogP) is 3.15. The van der Waals surface area contributed by atoms with Crippen LogP contribution in [0, 0.1) is 11.3 Å². The van der Waals surface area contributed by atoms with Crippen LogP contribution in [0.3, 0.4) is 0 Å². The van der Waals surface area contributed by atoms with Crippen LogP contribution in [0.4, 0.5) is 0 Å². The molecule has 16 heavy (non-hydrogen) atoms. The van der Waals surface area contributed by atoms with Gasteiger partial charge >= 0.3 is 0 Å². The standard InChI is InChI=1S/C14H10N2/c15-11-13(14-8-4-5-9-16-14)10-12-6-2-1-3-7-12/h1-10H. The van der Waals surface area contributed by atoms with Crippen molar-refractivity contribution >= 4 is 11.6 Å². The first kappa shape index (κ1) is 10.1. The van der Waals surface area contributed by atoms with Gasteiger partial charge in [0, 0.05) is 6.20 Å². The molecule has 0 atom stereocenters. The van der Waals surface area contributed by atoms with Gasteiger partial charge in [0.2, 0.25) is 0 Å². The van der Waals surface area contributed by atoms with E-state index in [4.69, 9.17) is 5.26 Å². The Labute approximate surface area is 94.5 Å². The quantitative estimate of drug-likeness (QED) is 0.708. The first-order valence-corrected chi connectivity index (χ1v) is 4.98. The van der Waals surface area contributed by atoms with Crippen LogP contribution in [0.2, 0.25) is 0 Å². The summed E-state index contributed by atoms with van der Waals surface area (Å²) in [6.07, 6.45) is 3.52. The van der Waals surface area contributed by atoms with E-state index in [0.29, 0.717) is 11.3 Å². The molecule has 2 rings (SSSR count). The van der Waals surface area contributed by atoms with Crippen LogP contribution in [0.5, 0.6) is 0 Å². The number of benzene rings is 1. The smallest absolute Gasteiger partial charge is 0.101 e. The molecule has 0 saturated heterocycles. The highest BCUT2D eigenvalue weighted by atomic mass is 14.7. The molecule has 2 nitrogen and oxygen atoms in total. The number of pyridine rings is 1. The van der Waals surface area contributed by atoms with E-state index in [2.05, 4.69) is 11.1 Å². The zero-order chi connectivity index (χ0) is 11.2. The summed E-state index contributed by atoms with van der Waals surface area (Å²) in [5.41, 5.74) is 2.28. The average Bonchev–Trinajstić information content (AvgIpc) is 2.38. The van der Waals surface area contributed by atoms with Crippen molar-refractivity contribution in [1.82, 2.24) is 4.98 Å². The lowest BCUT2D eigenvalue weighted by molar-refractivity contribution is 1.28. The van der Waals surface area contributed by atoms with Crippen LogP contribution in [0.1, 0.15) is 11.3 Å². The maximum absolute atomic E-state index is 9.08. The fourth-order valence-electron chi connectivity index (χ4n) is 1.40. The summed E-state index contributed by atoms with van der Waals surface area (Å²) in [4.78, 5) is 4.16. The van der Waals surface area contributed by atoms with E-state index in [1.807, 2.05) is 54.6 Å². The van der Waals surface area contributed by atoms with Crippen molar-refractivity contribution in [2.24, 2.45) is 0 Å². The molecule has 0 N–H and O–H groups in total. The third-order valence-electron chi connectivity index (χ3n) is 2.17. The number of nitriles is 1. The molecule has 0 aliphatic heterocycles. The van der Waals surface area contributed by atoms with Crippen molar-refractivity contribution in [2.75, 3.05) is 0 Å². The van der Waals surface area contributed by atoms with Gasteiger partial charge in [0.25, 0.3) is 0 Å². The minimum absolute atomic E-state index is 0.576. The molecular formula is C14H10N2. The van der Waals surface area contributed by atoms with Gasteiger partial charge in [-0.15, -0.1) is 0 Å². The van der Waals surface area contributed by atoms with E-state index in [1.54, 1.807) is 6.20 Å². The summed E-state index contributed by atoms with van der Waals surface area (Å²) in [6, 6.07) is 17.5. The highest BCUT2D eigenvalue weighted by Gasteiger charge is 2.00. The molecule has 0 saturated carbocycles. The third kappa shape index (κ3) is 2.34. The minimum Gasteiger partial charge on any atom is -0.256 e. The van der Waals surface area contributed by atoms with Gasteiger partial charge in [0.1, 0.15) is 6.07 Å². The number of aromatic nitrogens is 1. The van der Waals surface area contributed by atoms with Crippen LogP contribution < -0.4 is 0 Å². The Morgan fingerprint density at radius 1 is 1.06 bits per heavy atom. The van der Waals surface area contributed by atoms with Crippen LogP contribution in [0.15, 0.2) is 54.7 Å². The Morgan fingerprint density at radius 3 is 2.44 bits per heavy atom. The zero-order valence-electron chi connectivity index (χ0n) is 8.67. The molecule has 1 aromatic carbocycles. The molecule has 0 aliphatic rings. The second-order valence-electron chi connectivity index (χ2n) is 3.30. The fraction of sp³-hybridized carbons (Fsp3) is 0. The Kier molecular flexibility index (Phi) is 3.10. The van der Waals surface area contributed by atoms with Gasteiger partial charge in [0.05, 0.1) is 11.3 Å². The molecule has 0 spiro atoms. The van der Waals surface area contributed by atoms with Crippen molar-refractivity contribution in [3.8, 4) is 6.07 Å². The maximum atomic E-state index is 9.08. The van der Waals surface area contributed by atoms with Gasteiger partial charge in [-0.05, 0) is 23.8 Å². The van der Waals surface area contributed by atoms with Crippen molar-refractivity contribution < 1.29 is 0 Å². The van der Waals surface area contributed by atoms with Gasteiger partial charge < -0.3 is 0 Å². The lowest BCUT2D eigenvalue weighted by Gasteiger charge is -1.97. The van der Waals surface area contributed by atoms with E-state index in [-0.39, 0.29) is 0 Å². The zero-order valence-corrected chi connectivity index (χ0v) is 8.67. The number of rotatable bonds is 2. The van der Waals surface area contributed by atoms with Crippen molar-refractivity contribution in [3.05, 3.63) is 66.0 Å². The number of allylic oxidation sites excluding steroid dienone is 1. The summed E-state index contributed by atoms with van der Waals surface area (Å²) >= 11 is 0. The molecular weight excluding hydrogens is 196 g/mol. The number of hydrogen-bond acceptors (Lipinski definition) is 2. The molecule has 2 aromatic rings.